The van der Waals surface area contributed by atoms with Crippen LogP contribution in [0.25, 0.3) is 11.1 Å². The van der Waals surface area contributed by atoms with E-state index < -0.39 is 0 Å². The van der Waals surface area contributed by atoms with Crippen LogP contribution in [0.5, 0.6) is 0 Å². The summed E-state index contributed by atoms with van der Waals surface area (Å²) < 4.78 is 5.26. The van der Waals surface area contributed by atoms with Gasteiger partial charge in [-0.2, -0.15) is 0 Å². The average Bonchev–Trinajstić information content (AvgIpc) is 2.63. The van der Waals surface area contributed by atoms with Crippen molar-refractivity contribution in [3.05, 3.63) is 71.3 Å². The van der Waals surface area contributed by atoms with Gasteiger partial charge in [-0.3, -0.25) is 0 Å². The van der Waals surface area contributed by atoms with Gasteiger partial charge < -0.3 is 9.84 Å². The number of esters is 1. The molecule has 0 saturated heterocycles. The minimum Gasteiger partial charge on any atom is -0.462 e. The highest BCUT2D eigenvalue weighted by Gasteiger charge is 2.09. The molecule has 0 bridgehead atoms. The number of carbonyl (C=O) groups excluding carboxylic acids is 1. The first kappa shape index (κ1) is 19.9. The Morgan fingerprint density at radius 1 is 1.04 bits per heavy atom. The predicted molar refractivity (Wildman–Crippen MR) is 106 cm³/mol. The molecule has 3 heteroatoms. The van der Waals surface area contributed by atoms with Crippen molar-refractivity contribution >= 4 is 5.97 Å². The fourth-order valence-corrected chi connectivity index (χ4v) is 2.94. The lowest BCUT2D eigenvalue weighted by Gasteiger charge is -2.13. The molecule has 0 unspecified atom stereocenters. The van der Waals surface area contributed by atoms with E-state index in [0.29, 0.717) is 25.0 Å². The maximum Gasteiger partial charge on any atom is 0.333 e. The quantitative estimate of drug-likeness (QED) is 0.534. The molecule has 2 rings (SSSR count). The second-order valence-electron chi connectivity index (χ2n) is 6.58. The van der Waals surface area contributed by atoms with Gasteiger partial charge in [0.25, 0.3) is 0 Å². The molecule has 1 N–H and O–H groups in total. The monoisotopic (exact) mass is 352 g/mol. The van der Waals surface area contributed by atoms with Crippen LogP contribution in [-0.4, -0.2) is 24.3 Å². The number of hydrogen-bond donors (Lipinski definition) is 1. The highest BCUT2D eigenvalue weighted by atomic mass is 16.5. The normalized spacial score (nSPS) is 10.6. The summed E-state index contributed by atoms with van der Waals surface area (Å²) in [5.74, 6) is -0.359. The van der Waals surface area contributed by atoms with E-state index in [4.69, 9.17) is 4.74 Å². The molecule has 3 nitrogen and oxygen atoms in total. The number of hydrogen-bond acceptors (Lipinski definition) is 3. The smallest absolute Gasteiger partial charge is 0.333 e. The molecule has 0 aliphatic rings. The lowest BCUT2D eigenvalue weighted by Crippen LogP contribution is -2.09. The molecule has 0 atom stereocenters. The number of rotatable bonds is 9. The zero-order valence-electron chi connectivity index (χ0n) is 15.8. The van der Waals surface area contributed by atoms with E-state index in [9.17, 15) is 9.90 Å². The zero-order chi connectivity index (χ0) is 18.9. The van der Waals surface area contributed by atoms with Crippen LogP contribution in [0.1, 0.15) is 37.0 Å². The Morgan fingerprint density at radius 3 is 2.35 bits per heavy atom. The van der Waals surface area contributed by atoms with Gasteiger partial charge in [0.1, 0.15) is 0 Å². The molecule has 0 amide bonds. The van der Waals surface area contributed by atoms with Crippen LogP contribution in [0.3, 0.4) is 0 Å². The van der Waals surface area contributed by atoms with E-state index >= 15 is 0 Å². The third-order valence-electron chi connectivity index (χ3n) is 4.33. The van der Waals surface area contributed by atoms with Crippen LogP contribution >= 0.6 is 0 Å². The second-order valence-corrected chi connectivity index (χ2v) is 6.58. The topological polar surface area (TPSA) is 46.5 Å². The van der Waals surface area contributed by atoms with Crippen molar-refractivity contribution in [3.63, 3.8) is 0 Å². The van der Waals surface area contributed by atoms with Gasteiger partial charge in [-0.1, -0.05) is 62.4 Å². The number of ether oxygens (including phenoxy) is 1. The van der Waals surface area contributed by atoms with Crippen LogP contribution in [0.2, 0.25) is 0 Å². The summed E-state index contributed by atoms with van der Waals surface area (Å²) in [6.07, 6.45) is 3.46. The molecule has 0 aromatic heterocycles. The van der Waals surface area contributed by atoms with Gasteiger partial charge in [0, 0.05) is 18.6 Å². The largest absolute Gasteiger partial charge is 0.462 e. The van der Waals surface area contributed by atoms with Crippen LogP contribution in [0.4, 0.5) is 0 Å². The number of benzene rings is 2. The van der Waals surface area contributed by atoms with Gasteiger partial charge in [0.05, 0.1) is 6.61 Å². The molecule has 0 spiro atoms. The first-order valence-electron chi connectivity index (χ1n) is 9.19. The Morgan fingerprint density at radius 2 is 1.73 bits per heavy atom. The second kappa shape index (κ2) is 9.93. The molecule has 2 aromatic rings. The Bertz CT molecular complexity index is 745. The molecule has 0 aliphatic heterocycles. The molecule has 0 aliphatic carbocycles. The predicted octanol–water partition coefficient (Wildman–Crippen LogP) is 4.50. The van der Waals surface area contributed by atoms with Crippen molar-refractivity contribution in [3.8, 4) is 11.1 Å². The zero-order valence-corrected chi connectivity index (χ0v) is 15.8. The van der Waals surface area contributed by atoms with E-state index in [1.807, 2.05) is 0 Å². The minimum absolute atomic E-state index is 0.120. The maximum absolute atomic E-state index is 11.6. The molecule has 0 radical (unpaired) electrons. The Hall–Kier alpha value is -2.39. The lowest BCUT2D eigenvalue weighted by molar-refractivity contribution is -0.138. The molecular weight excluding hydrogens is 324 g/mol. The van der Waals surface area contributed by atoms with E-state index in [0.717, 1.165) is 35.1 Å². The van der Waals surface area contributed by atoms with Crippen LogP contribution in [-0.2, 0) is 28.8 Å². The lowest BCUT2D eigenvalue weighted by atomic mass is 9.94. The van der Waals surface area contributed by atoms with Gasteiger partial charge in [0.15, 0.2) is 0 Å². The Kier molecular flexibility index (Phi) is 7.61. The van der Waals surface area contributed by atoms with Crippen molar-refractivity contribution < 1.29 is 14.6 Å². The summed E-state index contributed by atoms with van der Waals surface area (Å²) in [6, 6.07) is 14.9. The summed E-state index contributed by atoms with van der Waals surface area (Å²) in [5.41, 5.74) is 6.24. The van der Waals surface area contributed by atoms with E-state index in [2.05, 4.69) is 56.0 Å². The van der Waals surface area contributed by atoms with Gasteiger partial charge >= 0.3 is 5.97 Å². The van der Waals surface area contributed by atoms with E-state index in [-0.39, 0.29) is 12.6 Å². The number of carbonyl (C=O) groups is 1. The van der Waals surface area contributed by atoms with E-state index in [1.54, 1.807) is 6.92 Å². The average molecular weight is 352 g/mol. The molecule has 138 valence electrons. The van der Waals surface area contributed by atoms with Crippen molar-refractivity contribution in [2.75, 3.05) is 13.2 Å². The Labute approximate surface area is 156 Å². The number of aliphatic hydroxyl groups is 1. The summed E-state index contributed by atoms with van der Waals surface area (Å²) in [6.45, 7) is 7.87. The summed E-state index contributed by atoms with van der Waals surface area (Å²) >= 11 is 0. The molecule has 2 aromatic carbocycles. The van der Waals surface area contributed by atoms with Crippen LogP contribution in [0.15, 0.2) is 54.6 Å². The first-order chi connectivity index (χ1) is 12.5. The van der Waals surface area contributed by atoms with Crippen molar-refractivity contribution in [2.45, 2.75) is 39.5 Å². The molecule has 0 heterocycles. The van der Waals surface area contributed by atoms with Gasteiger partial charge in [-0.25, -0.2) is 4.79 Å². The third kappa shape index (κ3) is 5.57. The standard InChI is InChI=1S/C23H28O3/c1-4-5-18-6-9-20(10-7-18)22-11-8-19(12-14-24)16-21(22)13-15-26-23(25)17(2)3/h6-11,16,24H,2,4-5,12-15H2,1,3H3. The SMILES string of the molecule is C=C(C)C(=O)OCCc1cc(CCO)ccc1-c1ccc(CCC)cc1. The van der Waals surface area contributed by atoms with E-state index in [1.165, 1.54) is 5.56 Å². The summed E-state index contributed by atoms with van der Waals surface area (Å²) in [7, 11) is 0. The summed E-state index contributed by atoms with van der Waals surface area (Å²) in [5, 5.41) is 9.21. The number of aryl methyl sites for hydroxylation is 1. The van der Waals surface area contributed by atoms with Crippen molar-refractivity contribution in [2.24, 2.45) is 0 Å². The van der Waals surface area contributed by atoms with Gasteiger partial charge in [-0.15, -0.1) is 0 Å². The highest BCUT2D eigenvalue weighted by molar-refractivity contribution is 5.86. The van der Waals surface area contributed by atoms with Crippen molar-refractivity contribution in [1.82, 2.24) is 0 Å². The Balaban J connectivity index is 2.23. The number of aliphatic hydroxyl groups excluding tert-OH is 1. The molecule has 26 heavy (non-hydrogen) atoms. The highest BCUT2D eigenvalue weighted by Crippen LogP contribution is 2.26. The summed E-state index contributed by atoms with van der Waals surface area (Å²) in [4.78, 5) is 11.6. The van der Waals surface area contributed by atoms with Gasteiger partial charge in [-0.05, 0) is 47.6 Å². The van der Waals surface area contributed by atoms with Crippen LogP contribution in [0, 0.1) is 0 Å². The maximum atomic E-state index is 11.6. The fraction of sp³-hybridized carbons (Fsp3) is 0.348. The first-order valence-corrected chi connectivity index (χ1v) is 9.19. The molecule has 0 fully saturated rings. The van der Waals surface area contributed by atoms with Gasteiger partial charge in [0.2, 0.25) is 0 Å². The molecular formula is C23H28O3. The third-order valence-corrected chi connectivity index (χ3v) is 4.33. The molecule has 0 saturated carbocycles. The van der Waals surface area contributed by atoms with Crippen molar-refractivity contribution in [1.29, 1.82) is 0 Å². The van der Waals surface area contributed by atoms with Crippen LogP contribution < -0.4 is 0 Å². The fourth-order valence-electron chi connectivity index (χ4n) is 2.94. The minimum atomic E-state index is -0.359.